The van der Waals surface area contributed by atoms with Crippen molar-refractivity contribution >= 4 is 33.4 Å². The average molecular weight is 407 g/mol. The van der Waals surface area contributed by atoms with Gasteiger partial charge in [0.05, 0.1) is 29.3 Å². The van der Waals surface area contributed by atoms with E-state index < -0.39 is 0 Å². The number of rotatable bonds is 5. The van der Waals surface area contributed by atoms with Crippen LogP contribution in [0.5, 0.6) is 0 Å². The molecule has 0 spiro atoms. The van der Waals surface area contributed by atoms with Gasteiger partial charge in [-0.2, -0.15) is 0 Å². The van der Waals surface area contributed by atoms with E-state index in [2.05, 4.69) is 9.97 Å². The van der Waals surface area contributed by atoms with Crippen LogP contribution < -0.4 is 5.56 Å². The number of nitrogens with one attached hydrogen (secondary N) is 1. The summed E-state index contributed by atoms with van der Waals surface area (Å²) in [5.74, 6) is 0.150. The lowest BCUT2D eigenvalue weighted by Gasteiger charge is -2.30. The Balaban J connectivity index is 1.81. The summed E-state index contributed by atoms with van der Waals surface area (Å²) >= 11 is 1.26. The lowest BCUT2D eigenvalue weighted by molar-refractivity contribution is -0.149. The lowest BCUT2D eigenvalue weighted by Crippen LogP contribution is -2.40. The van der Waals surface area contributed by atoms with Gasteiger partial charge in [-0.25, -0.2) is 4.98 Å². The van der Waals surface area contributed by atoms with Gasteiger partial charge in [0.1, 0.15) is 10.7 Å². The molecule has 3 rings (SSSR count). The van der Waals surface area contributed by atoms with Gasteiger partial charge in [0.15, 0.2) is 0 Å². The van der Waals surface area contributed by atoms with Crippen molar-refractivity contribution in [1.29, 1.82) is 0 Å². The van der Waals surface area contributed by atoms with E-state index in [0.29, 0.717) is 65.6 Å². The zero-order valence-corrected chi connectivity index (χ0v) is 17.5. The Kier molecular flexibility index (Phi) is 6.14. The molecule has 1 N–H and O–H groups in total. The Bertz CT molecular complexity index is 941. The fourth-order valence-corrected chi connectivity index (χ4v) is 4.66. The van der Waals surface area contributed by atoms with E-state index in [9.17, 15) is 14.4 Å². The molecule has 1 aliphatic rings. The SMILES string of the molecule is CCOC(=O)C1CCN(C(=O)c2sc3nc(CN(C)C)[nH]c(=O)c3c2C)CC1. The van der Waals surface area contributed by atoms with Crippen molar-refractivity contribution in [2.75, 3.05) is 33.8 Å². The number of likely N-dealkylation sites (tertiary alicyclic amines) is 1. The van der Waals surface area contributed by atoms with E-state index in [1.54, 1.807) is 18.7 Å². The highest BCUT2D eigenvalue weighted by Gasteiger charge is 2.30. The van der Waals surface area contributed by atoms with Crippen molar-refractivity contribution < 1.29 is 14.3 Å². The molecule has 1 fully saturated rings. The van der Waals surface area contributed by atoms with Gasteiger partial charge in [0.2, 0.25) is 0 Å². The first kappa shape index (κ1) is 20.5. The minimum atomic E-state index is -0.212. The average Bonchev–Trinajstić information content (AvgIpc) is 2.97. The number of thiophene rings is 1. The highest BCUT2D eigenvalue weighted by Crippen LogP contribution is 2.30. The third-order valence-corrected chi connectivity index (χ3v) is 6.09. The minimum absolute atomic E-state index is 0.101. The van der Waals surface area contributed by atoms with Crippen molar-refractivity contribution in [1.82, 2.24) is 19.8 Å². The van der Waals surface area contributed by atoms with Crippen LogP contribution >= 0.6 is 11.3 Å². The van der Waals surface area contributed by atoms with Crippen LogP contribution in [0.2, 0.25) is 0 Å². The molecule has 0 saturated carbocycles. The molecular formula is C19H26N4O4S. The summed E-state index contributed by atoms with van der Waals surface area (Å²) in [5.41, 5.74) is 0.457. The third kappa shape index (κ3) is 4.10. The van der Waals surface area contributed by atoms with Gasteiger partial charge in [0.25, 0.3) is 11.5 Å². The predicted octanol–water partition coefficient (Wildman–Crippen LogP) is 1.77. The Labute approximate surface area is 167 Å². The number of carbonyl (C=O) groups is 2. The molecule has 0 radical (unpaired) electrons. The Hall–Kier alpha value is -2.26. The van der Waals surface area contributed by atoms with Crippen molar-refractivity contribution in [3.8, 4) is 0 Å². The van der Waals surface area contributed by atoms with Crippen molar-refractivity contribution in [2.24, 2.45) is 5.92 Å². The van der Waals surface area contributed by atoms with E-state index >= 15 is 0 Å². The molecule has 1 aliphatic heterocycles. The number of nitrogens with zero attached hydrogens (tertiary/aromatic N) is 3. The second-order valence-electron chi connectivity index (χ2n) is 7.31. The van der Waals surface area contributed by atoms with Crippen LogP contribution in [0.1, 0.15) is 40.8 Å². The summed E-state index contributed by atoms with van der Waals surface area (Å²) in [6.45, 7) is 5.49. The smallest absolute Gasteiger partial charge is 0.309 e. The first-order valence-corrected chi connectivity index (χ1v) is 10.3. The van der Waals surface area contributed by atoms with Crippen LogP contribution in [0.25, 0.3) is 10.2 Å². The number of carbonyl (C=O) groups excluding carboxylic acids is 2. The number of aromatic amines is 1. The number of piperidine rings is 1. The summed E-state index contributed by atoms with van der Waals surface area (Å²) in [6, 6.07) is 0. The number of ether oxygens (including phenoxy) is 1. The highest BCUT2D eigenvalue weighted by atomic mass is 32.1. The van der Waals surface area contributed by atoms with Crippen LogP contribution in [0, 0.1) is 12.8 Å². The second kappa shape index (κ2) is 8.40. The first-order chi connectivity index (χ1) is 13.3. The monoisotopic (exact) mass is 406 g/mol. The lowest BCUT2D eigenvalue weighted by atomic mass is 9.97. The quantitative estimate of drug-likeness (QED) is 0.761. The maximum Gasteiger partial charge on any atom is 0.309 e. The molecular weight excluding hydrogens is 380 g/mol. The number of fused-ring (bicyclic) bond motifs is 1. The Morgan fingerprint density at radius 3 is 2.61 bits per heavy atom. The fourth-order valence-electron chi connectivity index (χ4n) is 3.49. The number of hydrogen-bond acceptors (Lipinski definition) is 7. The number of hydrogen-bond donors (Lipinski definition) is 1. The van der Waals surface area contributed by atoms with E-state index in [1.807, 2.05) is 19.0 Å². The second-order valence-corrected chi connectivity index (χ2v) is 8.30. The maximum absolute atomic E-state index is 13.0. The number of aromatic nitrogens is 2. The molecule has 0 aromatic carbocycles. The first-order valence-electron chi connectivity index (χ1n) is 9.44. The molecule has 9 heteroatoms. The topological polar surface area (TPSA) is 95.6 Å². The molecule has 1 amide bonds. The maximum atomic E-state index is 13.0. The summed E-state index contributed by atoms with van der Waals surface area (Å²) in [4.78, 5) is 49.6. The number of amides is 1. The van der Waals surface area contributed by atoms with E-state index in [-0.39, 0.29) is 23.4 Å². The van der Waals surface area contributed by atoms with E-state index in [0.717, 1.165) is 0 Å². The van der Waals surface area contributed by atoms with Gasteiger partial charge in [0, 0.05) is 13.1 Å². The zero-order chi connectivity index (χ0) is 20.4. The summed E-state index contributed by atoms with van der Waals surface area (Å²) in [6.07, 6.45) is 1.20. The molecule has 1 saturated heterocycles. The van der Waals surface area contributed by atoms with Gasteiger partial charge in [-0.15, -0.1) is 11.3 Å². The van der Waals surface area contributed by atoms with Gasteiger partial charge in [-0.3, -0.25) is 14.4 Å². The fraction of sp³-hybridized carbons (Fsp3) is 0.579. The van der Waals surface area contributed by atoms with Crippen LogP contribution in [0.4, 0.5) is 0 Å². The van der Waals surface area contributed by atoms with Gasteiger partial charge >= 0.3 is 5.97 Å². The minimum Gasteiger partial charge on any atom is -0.466 e. The number of esters is 1. The third-order valence-electron chi connectivity index (χ3n) is 4.91. The van der Waals surface area contributed by atoms with Gasteiger partial charge < -0.3 is 19.5 Å². The highest BCUT2D eigenvalue weighted by molar-refractivity contribution is 7.20. The molecule has 0 atom stereocenters. The molecule has 0 bridgehead atoms. The van der Waals surface area contributed by atoms with Crippen LogP contribution in [0.3, 0.4) is 0 Å². The van der Waals surface area contributed by atoms with Gasteiger partial charge in [-0.05, 0) is 46.3 Å². The number of aryl methyl sites for hydroxylation is 1. The largest absolute Gasteiger partial charge is 0.466 e. The van der Waals surface area contributed by atoms with Crippen molar-refractivity contribution in [2.45, 2.75) is 33.2 Å². The Morgan fingerprint density at radius 2 is 2.00 bits per heavy atom. The predicted molar refractivity (Wildman–Crippen MR) is 108 cm³/mol. The Morgan fingerprint density at radius 1 is 1.32 bits per heavy atom. The van der Waals surface area contributed by atoms with Crippen LogP contribution in [-0.4, -0.2) is 65.4 Å². The van der Waals surface area contributed by atoms with Gasteiger partial charge in [-0.1, -0.05) is 0 Å². The number of H-pyrrole nitrogens is 1. The molecule has 2 aromatic heterocycles. The van der Waals surface area contributed by atoms with E-state index in [1.165, 1.54) is 11.3 Å². The standard InChI is InChI=1S/C19H26N4O4S/c1-5-27-19(26)12-6-8-23(9-7-12)18(25)15-11(2)14-16(24)20-13(10-22(3)4)21-17(14)28-15/h12H,5-10H2,1-4H3,(H,20,21,24). The molecule has 3 heterocycles. The van der Waals surface area contributed by atoms with Crippen molar-refractivity contribution in [3.05, 3.63) is 26.6 Å². The molecule has 152 valence electrons. The summed E-state index contributed by atoms with van der Waals surface area (Å²) in [5, 5.41) is 0.484. The molecule has 28 heavy (non-hydrogen) atoms. The van der Waals surface area contributed by atoms with Crippen molar-refractivity contribution in [3.63, 3.8) is 0 Å². The molecule has 0 unspecified atom stereocenters. The van der Waals surface area contributed by atoms with E-state index in [4.69, 9.17) is 4.74 Å². The van der Waals surface area contributed by atoms with Crippen LogP contribution in [0.15, 0.2) is 4.79 Å². The zero-order valence-electron chi connectivity index (χ0n) is 16.7. The molecule has 2 aromatic rings. The van der Waals surface area contributed by atoms with Crippen LogP contribution in [-0.2, 0) is 16.1 Å². The summed E-state index contributed by atoms with van der Waals surface area (Å²) < 4.78 is 5.08. The molecule has 0 aliphatic carbocycles. The summed E-state index contributed by atoms with van der Waals surface area (Å²) in [7, 11) is 3.80. The normalized spacial score (nSPS) is 15.4. The molecule has 8 nitrogen and oxygen atoms in total.